The fraction of sp³-hybridized carbons (Fsp3) is 0.148. The number of benzene rings is 2. The lowest BCUT2D eigenvalue weighted by molar-refractivity contribution is 0.103. The first-order valence-corrected chi connectivity index (χ1v) is 11.0. The molecule has 0 amide bonds. The molecule has 1 aliphatic rings. The first-order chi connectivity index (χ1) is 17.3. The molecule has 0 spiro atoms. The van der Waals surface area contributed by atoms with Crippen molar-refractivity contribution in [3.63, 3.8) is 0 Å². The highest BCUT2D eigenvalue weighted by Crippen LogP contribution is 2.41. The standard InChI is InChI=1S/C27H22FN3O5/c1-35-18-8-5-16(20(11-18)36-2)13-31-26(33)21-22(27(31)34)25(32)24-19(23(21)29)10-15(12-30-24)9-14-3-6-17(28)7-4-14/h3-8,10-12,29,33-34H,9,13H2,1-2H3. The van der Waals surface area contributed by atoms with Crippen molar-refractivity contribution in [2.45, 2.75) is 13.0 Å². The zero-order valence-electron chi connectivity index (χ0n) is 19.5. The molecule has 0 saturated heterocycles. The largest absolute Gasteiger partial charge is 0.497 e. The Kier molecular flexibility index (Phi) is 5.68. The van der Waals surface area contributed by atoms with Crippen LogP contribution in [0.3, 0.4) is 0 Å². The summed E-state index contributed by atoms with van der Waals surface area (Å²) in [4.78, 5) is 17.6. The highest BCUT2D eigenvalue weighted by atomic mass is 19.1. The molecular formula is C27H22FN3O5. The number of pyridine rings is 1. The molecule has 0 atom stereocenters. The molecule has 9 heteroatoms. The minimum Gasteiger partial charge on any atom is -0.497 e. The Balaban J connectivity index is 1.53. The highest BCUT2D eigenvalue weighted by molar-refractivity contribution is 6.30. The predicted molar refractivity (Wildman–Crippen MR) is 129 cm³/mol. The molecule has 0 unspecified atom stereocenters. The van der Waals surface area contributed by atoms with Crippen LogP contribution in [0.5, 0.6) is 23.3 Å². The van der Waals surface area contributed by atoms with Crippen molar-refractivity contribution in [2.24, 2.45) is 0 Å². The van der Waals surface area contributed by atoms with Crippen molar-refractivity contribution >= 4 is 11.5 Å². The number of fused-ring (bicyclic) bond motifs is 2. The zero-order chi connectivity index (χ0) is 25.6. The molecule has 2 heterocycles. The Hall–Kier alpha value is -4.66. The van der Waals surface area contributed by atoms with Crippen molar-refractivity contribution in [2.75, 3.05) is 14.2 Å². The maximum Gasteiger partial charge on any atom is 0.218 e. The Morgan fingerprint density at radius 2 is 1.69 bits per heavy atom. The van der Waals surface area contributed by atoms with Gasteiger partial charge in [0.25, 0.3) is 0 Å². The number of nitrogens with zero attached hydrogens (tertiary/aromatic N) is 2. The molecule has 182 valence electrons. The summed E-state index contributed by atoms with van der Waals surface area (Å²) in [6, 6.07) is 12.8. The molecular weight excluding hydrogens is 465 g/mol. The number of halogens is 1. The lowest BCUT2D eigenvalue weighted by atomic mass is 9.87. The van der Waals surface area contributed by atoms with Crippen molar-refractivity contribution in [3.8, 4) is 23.3 Å². The first kappa shape index (κ1) is 23.1. The smallest absolute Gasteiger partial charge is 0.218 e. The van der Waals surface area contributed by atoms with Crippen molar-refractivity contribution in [1.82, 2.24) is 9.55 Å². The molecule has 36 heavy (non-hydrogen) atoms. The fourth-order valence-corrected chi connectivity index (χ4v) is 4.42. The van der Waals surface area contributed by atoms with E-state index in [4.69, 9.17) is 14.9 Å². The number of ketones is 1. The maximum absolute atomic E-state index is 13.3. The molecule has 0 saturated carbocycles. The van der Waals surface area contributed by atoms with Gasteiger partial charge < -0.3 is 19.7 Å². The highest BCUT2D eigenvalue weighted by Gasteiger charge is 2.38. The van der Waals surface area contributed by atoms with Gasteiger partial charge in [0.1, 0.15) is 23.0 Å². The van der Waals surface area contributed by atoms with Crippen LogP contribution in [-0.2, 0) is 13.0 Å². The normalized spacial score (nSPS) is 12.3. The Labute approximate surface area is 205 Å². The second-order valence-electron chi connectivity index (χ2n) is 8.41. The number of hydrogen-bond donors (Lipinski definition) is 3. The van der Waals surface area contributed by atoms with E-state index in [0.717, 1.165) is 10.1 Å². The maximum atomic E-state index is 13.3. The average molecular weight is 487 g/mol. The number of methoxy groups -OCH3 is 2. The van der Waals surface area contributed by atoms with Gasteiger partial charge in [0.15, 0.2) is 0 Å². The van der Waals surface area contributed by atoms with Gasteiger partial charge in [0.2, 0.25) is 17.5 Å². The Morgan fingerprint density at radius 3 is 2.39 bits per heavy atom. The number of ether oxygens (including phenoxy) is 2. The van der Waals surface area contributed by atoms with Crippen molar-refractivity contribution in [1.29, 1.82) is 5.41 Å². The van der Waals surface area contributed by atoms with Gasteiger partial charge in [-0.3, -0.25) is 19.8 Å². The van der Waals surface area contributed by atoms with E-state index < -0.39 is 17.5 Å². The van der Waals surface area contributed by atoms with E-state index >= 15 is 0 Å². The number of carbonyl (C=O) groups is 1. The van der Waals surface area contributed by atoms with Crippen molar-refractivity contribution < 1.29 is 28.9 Å². The Morgan fingerprint density at radius 1 is 0.972 bits per heavy atom. The molecule has 8 nitrogen and oxygen atoms in total. The second-order valence-corrected chi connectivity index (χ2v) is 8.41. The van der Waals surface area contributed by atoms with E-state index in [-0.39, 0.29) is 40.5 Å². The van der Waals surface area contributed by atoms with Crippen molar-refractivity contribution in [3.05, 3.63) is 99.6 Å². The van der Waals surface area contributed by atoms with Crippen LogP contribution >= 0.6 is 0 Å². The van der Waals surface area contributed by atoms with Gasteiger partial charge >= 0.3 is 0 Å². The summed E-state index contributed by atoms with van der Waals surface area (Å²) in [7, 11) is 3.02. The second kappa shape index (κ2) is 8.84. The van der Waals surface area contributed by atoms with Crippen LogP contribution in [0.1, 0.15) is 43.9 Å². The van der Waals surface area contributed by atoms with E-state index in [9.17, 15) is 19.4 Å². The molecule has 0 fully saturated rings. The van der Waals surface area contributed by atoms with Gasteiger partial charge in [-0.25, -0.2) is 4.39 Å². The number of hydrogen-bond acceptors (Lipinski definition) is 7. The third-order valence-corrected chi connectivity index (χ3v) is 6.26. The third kappa shape index (κ3) is 3.74. The average Bonchev–Trinajstić information content (AvgIpc) is 3.14. The van der Waals surface area contributed by atoms with Crippen LogP contribution in [0, 0.1) is 11.2 Å². The van der Waals surface area contributed by atoms with E-state index in [2.05, 4.69) is 4.98 Å². The minimum atomic E-state index is -0.586. The van der Waals surface area contributed by atoms with Crippen LogP contribution in [-0.4, -0.2) is 45.5 Å². The number of carbonyl (C=O) groups excluding carboxylic acids is 1. The van der Waals surface area contributed by atoms with E-state index in [1.54, 1.807) is 36.4 Å². The Bertz CT molecular complexity index is 1530. The minimum absolute atomic E-state index is 0.0159. The molecule has 4 aromatic rings. The van der Waals surface area contributed by atoms with Gasteiger partial charge in [-0.15, -0.1) is 0 Å². The molecule has 0 aliphatic heterocycles. The lowest BCUT2D eigenvalue weighted by Crippen LogP contribution is -2.21. The molecule has 2 aromatic carbocycles. The van der Waals surface area contributed by atoms with E-state index in [0.29, 0.717) is 29.0 Å². The quantitative estimate of drug-likeness (QED) is 0.333. The van der Waals surface area contributed by atoms with Crippen LogP contribution < -0.4 is 9.47 Å². The first-order valence-electron chi connectivity index (χ1n) is 11.0. The summed E-state index contributed by atoms with van der Waals surface area (Å²) < 4.78 is 25.0. The number of aromatic nitrogens is 2. The molecule has 0 bridgehead atoms. The number of rotatable bonds is 6. The lowest BCUT2D eigenvalue weighted by Gasteiger charge is -2.16. The van der Waals surface area contributed by atoms with E-state index in [1.165, 1.54) is 32.5 Å². The van der Waals surface area contributed by atoms with Crippen LogP contribution in [0.4, 0.5) is 4.39 Å². The van der Waals surface area contributed by atoms with Gasteiger partial charge in [-0.2, -0.15) is 0 Å². The summed E-state index contributed by atoms with van der Waals surface area (Å²) in [5, 5.41) is 30.7. The monoisotopic (exact) mass is 487 g/mol. The SMILES string of the molecule is COc1ccc(Cn2c(O)c3c(c2O)C(=O)c2ncc(Cc4ccc(F)cc4)cc2C3=N)c(OC)c1. The van der Waals surface area contributed by atoms with Gasteiger partial charge in [-0.05, 0) is 47.9 Å². The molecule has 3 N–H and O–H groups in total. The summed E-state index contributed by atoms with van der Waals surface area (Å²) in [6.45, 7) is -0.0159. The molecule has 0 radical (unpaired) electrons. The third-order valence-electron chi connectivity index (χ3n) is 6.26. The van der Waals surface area contributed by atoms with Crippen LogP contribution in [0.2, 0.25) is 0 Å². The van der Waals surface area contributed by atoms with Crippen LogP contribution in [0.25, 0.3) is 0 Å². The summed E-state index contributed by atoms with van der Waals surface area (Å²) in [6.07, 6.45) is 1.94. The van der Waals surface area contributed by atoms with Gasteiger partial charge in [0.05, 0.1) is 37.6 Å². The van der Waals surface area contributed by atoms with Crippen LogP contribution in [0.15, 0.2) is 54.7 Å². The predicted octanol–water partition coefficient (Wildman–Crippen LogP) is 4.05. The summed E-state index contributed by atoms with van der Waals surface area (Å²) in [5.74, 6) is -0.750. The molecule has 5 rings (SSSR count). The van der Waals surface area contributed by atoms with E-state index in [1.807, 2.05) is 0 Å². The van der Waals surface area contributed by atoms with Gasteiger partial charge in [-0.1, -0.05) is 12.1 Å². The molecule has 1 aliphatic carbocycles. The van der Waals surface area contributed by atoms with Gasteiger partial charge in [0, 0.05) is 23.4 Å². The number of nitrogens with one attached hydrogen (secondary N) is 1. The summed E-state index contributed by atoms with van der Waals surface area (Å²) >= 11 is 0. The zero-order valence-corrected chi connectivity index (χ0v) is 19.5. The fourth-order valence-electron chi connectivity index (χ4n) is 4.42. The summed E-state index contributed by atoms with van der Waals surface area (Å²) in [5.41, 5.74) is 2.09. The number of aromatic hydroxyl groups is 2. The topological polar surface area (TPSA) is 118 Å². The molecule has 2 aromatic heterocycles.